The van der Waals surface area contributed by atoms with Crippen LogP contribution in [0.15, 0.2) is 24.3 Å². The Kier molecular flexibility index (Phi) is 4.57. The smallest absolute Gasteiger partial charge is 0.249 e. The Labute approximate surface area is 134 Å². The second kappa shape index (κ2) is 6.78. The van der Waals surface area contributed by atoms with Gasteiger partial charge in [0.2, 0.25) is 17.7 Å². The predicted molar refractivity (Wildman–Crippen MR) is 85.9 cm³/mol. The van der Waals surface area contributed by atoms with Gasteiger partial charge in [0, 0.05) is 17.8 Å². The van der Waals surface area contributed by atoms with E-state index >= 15 is 0 Å². The summed E-state index contributed by atoms with van der Waals surface area (Å²) in [4.78, 5) is 35.0. The lowest BCUT2D eigenvalue weighted by atomic mass is 10.1. The van der Waals surface area contributed by atoms with Gasteiger partial charge in [0.05, 0.1) is 6.04 Å². The summed E-state index contributed by atoms with van der Waals surface area (Å²) in [5, 5.41) is 11.5. The maximum atomic E-state index is 12.1. The van der Waals surface area contributed by atoms with Crippen molar-refractivity contribution in [2.24, 2.45) is 0 Å². The van der Waals surface area contributed by atoms with E-state index in [9.17, 15) is 14.4 Å². The average Bonchev–Trinajstić information content (AvgIpc) is 3.05. The molecular formula is C16H20N4O3. The van der Waals surface area contributed by atoms with Crippen LogP contribution >= 0.6 is 0 Å². The number of nitrogens with one attached hydrogen (secondary N) is 4. The Balaban J connectivity index is 1.61. The van der Waals surface area contributed by atoms with Crippen LogP contribution in [0.1, 0.15) is 25.7 Å². The maximum Gasteiger partial charge on any atom is 0.249 e. The SMILES string of the molecule is O=C1CCC(Nc2cccc(NC(=O)C3CCCN3)c2)C(=O)N1. The minimum atomic E-state index is -0.435. The van der Waals surface area contributed by atoms with Gasteiger partial charge in [-0.25, -0.2) is 0 Å². The first kappa shape index (κ1) is 15.5. The molecule has 7 heteroatoms. The summed E-state index contributed by atoms with van der Waals surface area (Å²) < 4.78 is 0. The van der Waals surface area contributed by atoms with Crippen LogP contribution in [0.5, 0.6) is 0 Å². The standard InChI is InChI=1S/C16H20N4O3/c21-14-7-6-13(16(23)20-14)18-10-3-1-4-11(9-10)19-15(22)12-5-2-8-17-12/h1,3-4,9,12-13,17-18H,2,5-8H2,(H,19,22)(H,20,21,23). The van der Waals surface area contributed by atoms with Gasteiger partial charge in [0.15, 0.2) is 0 Å². The van der Waals surface area contributed by atoms with E-state index in [1.165, 1.54) is 0 Å². The van der Waals surface area contributed by atoms with Crippen molar-refractivity contribution in [3.8, 4) is 0 Å². The largest absolute Gasteiger partial charge is 0.374 e. The fraction of sp³-hybridized carbons (Fsp3) is 0.438. The number of carbonyl (C=O) groups excluding carboxylic acids is 3. The zero-order valence-electron chi connectivity index (χ0n) is 12.7. The van der Waals surface area contributed by atoms with Crippen LogP contribution in [0.3, 0.4) is 0 Å². The second-order valence-electron chi connectivity index (χ2n) is 5.87. The summed E-state index contributed by atoms with van der Waals surface area (Å²) in [6.07, 6.45) is 2.65. The normalized spacial score (nSPS) is 24.2. The zero-order valence-corrected chi connectivity index (χ0v) is 12.7. The molecule has 3 rings (SSSR count). The van der Waals surface area contributed by atoms with Crippen LogP contribution in [0.25, 0.3) is 0 Å². The Morgan fingerprint density at radius 3 is 2.74 bits per heavy atom. The van der Waals surface area contributed by atoms with Crippen molar-refractivity contribution in [2.75, 3.05) is 17.2 Å². The molecule has 0 bridgehead atoms. The van der Waals surface area contributed by atoms with E-state index in [1.807, 2.05) is 18.2 Å². The van der Waals surface area contributed by atoms with Crippen molar-refractivity contribution in [1.82, 2.24) is 10.6 Å². The van der Waals surface area contributed by atoms with Gasteiger partial charge >= 0.3 is 0 Å². The molecule has 1 aromatic carbocycles. The molecule has 4 N–H and O–H groups in total. The molecule has 0 aromatic heterocycles. The average molecular weight is 316 g/mol. The lowest BCUT2D eigenvalue weighted by molar-refractivity contribution is -0.133. The van der Waals surface area contributed by atoms with Crippen molar-refractivity contribution in [2.45, 2.75) is 37.8 Å². The van der Waals surface area contributed by atoms with Crippen LogP contribution < -0.4 is 21.3 Å². The number of carbonyl (C=O) groups is 3. The third-order valence-electron chi connectivity index (χ3n) is 4.09. The minimum Gasteiger partial charge on any atom is -0.374 e. The molecule has 2 atom stereocenters. The fourth-order valence-corrected chi connectivity index (χ4v) is 2.86. The van der Waals surface area contributed by atoms with E-state index in [4.69, 9.17) is 0 Å². The number of anilines is 2. The summed E-state index contributed by atoms with van der Waals surface area (Å²) in [6.45, 7) is 0.870. The predicted octanol–water partition coefficient (Wildman–Crippen LogP) is 0.594. The minimum absolute atomic E-state index is 0.0411. The van der Waals surface area contributed by atoms with Crippen molar-refractivity contribution in [3.05, 3.63) is 24.3 Å². The van der Waals surface area contributed by atoms with Gasteiger partial charge in [-0.3, -0.25) is 19.7 Å². The van der Waals surface area contributed by atoms with E-state index in [1.54, 1.807) is 6.07 Å². The molecule has 0 spiro atoms. The Hall–Kier alpha value is -2.41. The van der Waals surface area contributed by atoms with Crippen molar-refractivity contribution in [1.29, 1.82) is 0 Å². The fourth-order valence-electron chi connectivity index (χ4n) is 2.86. The Morgan fingerprint density at radius 2 is 2.00 bits per heavy atom. The molecule has 2 fully saturated rings. The van der Waals surface area contributed by atoms with Crippen molar-refractivity contribution < 1.29 is 14.4 Å². The molecule has 7 nitrogen and oxygen atoms in total. The van der Waals surface area contributed by atoms with E-state index < -0.39 is 6.04 Å². The topological polar surface area (TPSA) is 99.3 Å². The third kappa shape index (κ3) is 3.87. The van der Waals surface area contributed by atoms with Crippen LogP contribution in [-0.2, 0) is 14.4 Å². The van der Waals surface area contributed by atoms with Crippen LogP contribution in [0.4, 0.5) is 11.4 Å². The van der Waals surface area contributed by atoms with Gasteiger partial charge in [0.25, 0.3) is 0 Å². The first-order chi connectivity index (χ1) is 11.1. The zero-order chi connectivity index (χ0) is 16.2. The van der Waals surface area contributed by atoms with E-state index in [0.29, 0.717) is 18.5 Å². The highest BCUT2D eigenvalue weighted by Gasteiger charge is 2.26. The first-order valence-electron chi connectivity index (χ1n) is 7.86. The third-order valence-corrected chi connectivity index (χ3v) is 4.09. The molecule has 0 saturated carbocycles. The van der Waals surface area contributed by atoms with Crippen LogP contribution in [0, 0.1) is 0 Å². The lowest BCUT2D eigenvalue weighted by Gasteiger charge is -2.23. The molecule has 0 radical (unpaired) electrons. The number of rotatable bonds is 4. The molecule has 3 amide bonds. The highest BCUT2D eigenvalue weighted by molar-refractivity contribution is 6.01. The Bertz CT molecular complexity index is 626. The first-order valence-corrected chi connectivity index (χ1v) is 7.86. The highest BCUT2D eigenvalue weighted by Crippen LogP contribution is 2.19. The molecule has 122 valence electrons. The molecule has 2 unspecified atom stereocenters. The summed E-state index contributed by atoms with van der Waals surface area (Å²) in [5.74, 6) is -0.593. The van der Waals surface area contributed by atoms with Gasteiger partial charge in [-0.15, -0.1) is 0 Å². The van der Waals surface area contributed by atoms with E-state index in [-0.39, 0.29) is 23.8 Å². The van der Waals surface area contributed by atoms with Gasteiger partial charge in [0.1, 0.15) is 6.04 Å². The number of amides is 3. The summed E-state index contributed by atoms with van der Waals surface area (Å²) >= 11 is 0. The molecule has 2 saturated heterocycles. The number of piperidine rings is 1. The molecule has 2 aliphatic rings. The van der Waals surface area contributed by atoms with Crippen LogP contribution in [-0.4, -0.2) is 36.3 Å². The van der Waals surface area contributed by atoms with Gasteiger partial charge in [-0.1, -0.05) is 6.07 Å². The number of hydrogen-bond donors (Lipinski definition) is 4. The van der Waals surface area contributed by atoms with E-state index in [0.717, 1.165) is 25.1 Å². The van der Waals surface area contributed by atoms with Crippen molar-refractivity contribution >= 4 is 29.1 Å². The lowest BCUT2D eigenvalue weighted by Crippen LogP contribution is -2.47. The van der Waals surface area contributed by atoms with Gasteiger partial charge in [-0.2, -0.15) is 0 Å². The molecule has 0 aliphatic carbocycles. The van der Waals surface area contributed by atoms with Gasteiger partial charge in [-0.05, 0) is 44.0 Å². The van der Waals surface area contributed by atoms with Gasteiger partial charge < -0.3 is 16.0 Å². The maximum absolute atomic E-state index is 12.1. The molecule has 1 aromatic rings. The summed E-state index contributed by atoms with van der Waals surface area (Å²) in [6, 6.07) is 6.66. The van der Waals surface area contributed by atoms with E-state index in [2.05, 4.69) is 21.3 Å². The molecular weight excluding hydrogens is 296 g/mol. The molecule has 2 aliphatic heterocycles. The summed E-state index contributed by atoms with van der Waals surface area (Å²) in [7, 11) is 0. The Morgan fingerprint density at radius 1 is 1.17 bits per heavy atom. The highest BCUT2D eigenvalue weighted by atomic mass is 16.2. The number of hydrogen-bond acceptors (Lipinski definition) is 5. The number of imide groups is 1. The van der Waals surface area contributed by atoms with Crippen LogP contribution in [0.2, 0.25) is 0 Å². The number of benzene rings is 1. The monoisotopic (exact) mass is 316 g/mol. The second-order valence-corrected chi connectivity index (χ2v) is 5.87. The van der Waals surface area contributed by atoms with Crippen molar-refractivity contribution in [3.63, 3.8) is 0 Å². The molecule has 23 heavy (non-hydrogen) atoms. The quantitative estimate of drug-likeness (QED) is 0.610. The summed E-state index contributed by atoms with van der Waals surface area (Å²) in [5.41, 5.74) is 1.41. The molecule has 2 heterocycles.